The number of carbonyl (C=O) groups excluding carboxylic acids is 2. The maximum Gasteiger partial charge on any atom is 0.282 e. The highest BCUT2D eigenvalue weighted by atomic mass is 16.5. The van der Waals surface area contributed by atoms with Crippen LogP contribution in [-0.4, -0.2) is 43.5 Å². The first-order chi connectivity index (χ1) is 14.1. The molecule has 6 nitrogen and oxygen atoms in total. The van der Waals surface area contributed by atoms with Crippen LogP contribution in [0.4, 0.5) is 5.69 Å². The topological polar surface area (TPSA) is 59.1 Å². The Morgan fingerprint density at radius 2 is 1.66 bits per heavy atom. The van der Waals surface area contributed by atoms with Crippen molar-refractivity contribution in [3.05, 3.63) is 59.8 Å². The van der Waals surface area contributed by atoms with E-state index >= 15 is 0 Å². The van der Waals surface area contributed by atoms with Crippen LogP contribution < -0.4 is 14.4 Å². The van der Waals surface area contributed by atoms with Crippen LogP contribution in [0.25, 0.3) is 5.57 Å². The van der Waals surface area contributed by atoms with E-state index in [-0.39, 0.29) is 11.8 Å². The second-order valence-electron chi connectivity index (χ2n) is 7.02. The van der Waals surface area contributed by atoms with E-state index in [1.165, 1.54) is 4.90 Å². The fraction of sp³-hybridized carbons (Fsp3) is 0.304. The predicted octanol–water partition coefficient (Wildman–Crippen LogP) is 3.47. The van der Waals surface area contributed by atoms with Crippen molar-refractivity contribution in [3.8, 4) is 11.5 Å². The molecule has 0 bridgehead atoms. The lowest BCUT2D eigenvalue weighted by molar-refractivity contribution is -0.120. The van der Waals surface area contributed by atoms with Gasteiger partial charge >= 0.3 is 0 Å². The summed E-state index contributed by atoms with van der Waals surface area (Å²) in [7, 11) is 1.56. The average Bonchev–Trinajstić information content (AvgIpc) is 3.35. The Morgan fingerprint density at radius 3 is 2.31 bits per heavy atom. The number of anilines is 1. The van der Waals surface area contributed by atoms with Gasteiger partial charge in [-0.2, -0.15) is 0 Å². The fourth-order valence-electron chi connectivity index (χ4n) is 3.88. The van der Waals surface area contributed by atoms with Gasteiger partial charge in [0.15, 0.2) is 0 Å². The summed E-state index contributed by atoms with van der Waals surface area (Å²) in [6.07, 6.45) is 2.03. The molecule has 2 aromatic carbocycles. The summed E-state index contributed by atoms with van der Waals surface area (Å²) in [4.78, 5) is 30.1. The molecule has 4 rings (SSSR count). The van der Waals surface area contributed by atoms with Gasteiger partial charge in [-0.3, -0.25) is 9.59 Å². The lowest BCUT2D eigenvalue weighted by atomic mass is 10.0. The second-order valence-corrected chi connectivity index (χ2v) is 7.02. The van der Waals surface area contributed by atoms with Crippen molar-refractivity contribution in [2.24, 2.45) is 0 Å². The molecule has 6 heteroatoms. The summed E-state index contributed by atoms with van der Waals surface area (Å²) in [5.74, 6) is 0.740. The predicted molar refractivity (Wildman–Crippen MR) is 111 cm³/mol. The van der Waals surface area contributed by atoms with E-state index in [0.29, 0.717) is 29.3 Å². The molecule has 0 N–H and O–H groups in total. The first kappa shape index (κ1) is 19.1. The molecule has 0 spiro atoms. The minimum atomic E-state index is -0.311. The summed E-state index contributed by atoms with van der Waals surface area (Å²) < 4.78 is 10.8. The molecule has 0 radical (unpaired) electrons. The van der Waals surface area contributed by atoms with E-state index in [4.69, 9.17) is 9.47 Å². The Kier molecular flexibility index (Phi) is 5.25. The van der Waals surface area contributed by atoms with E-state index in [2.05, 4.69) is 0 Å². The van der Waals surface area contributed by atoms with Crippen molar-refractivity contribution < 1.29 is 19.1 Å². The summed E-state index contributed by atoms with van der Waals surface area (Å²) in [6.45, 7) is 4.05. The molecule has 0 aromatic heterocycles. The van der Waals surface area contributed by atoms with Crippen molar-refractivity contribution in [1.82, 2.24) is 4.90 Å². The molecule has 0 saturated carbocycles. The molecule has 0 aliphatic carbocycles. The summed E-state index contributed by atoms with van der Waals surface area (Å²) >= 11 is 0. The third-order valence-electron chi connectivity index (χ3n) is 5.25. The zero-order chi connectivity index (χ0) is 20.4. The lowest BCUT2D eigenvalue weighted by Crippen LogP contribution is -2.34. The highest BCUT2D eigenvalue weighted by molar-refractivity contribution is 6.45. The molecular weight excluding hydrogens is 368 g/mol. The van der Waals surface area contributed by atoms with Gasteiger partial charge in [-0.15, -0.1) is 0 Å². The zero-order valence-electron chi connectivity index (χ0n) is 16.7. The number of carbonyl (C=O) groups is 2. The van der Waals surface area contributed by atoms with Crippen LogP contribution in [0.15, 0.2) is 54.2 Å². The van der Waals surface area contributed by atoms with Crippen LogP contribution in [0.5, 0.6) is 11.5 Å². The van der Waals surface area contributed by atoms with Crippen LogP contribution in [0.3, 0.4) is 0 Å². The molecule has 0 atom stereocenters. The summed E-state index contributed by atoms with van der Waals surface area (Å²) in [6, 6.07) is 14.4. The van der Waals surface area contributed by atoms with Gasteiger partial charge in [-0.25, -0.2) is 4.90 Å². The van der Waals surface area contributed by atoms with Crippen LogP contribution in [0, 0.1) is 0 Å². The first-order valence-electron chi connectivity index (χ1n) is 9.89. The number of hydrogen-bond donors (Lipinski definition) is 0. The number of methoxy groups -OCH3 is 1. The summed E-state index contributed by atoms with van der Waals surface area (Å²) in [5, 5.41) is 0. The molecule has 0 unspecified atom stereocenters. The van der Waals surface area contributed by atoms with Gasteiger partial charge in [0.2, 0.25) is 0 Å². The number of imide groups is 1. The van der Waals surface area contributed by atoms with Crippen LogP contribution in [-0.2, 0) is 9.59 Å². The molecule has 1 saturated heterocycles. The monoisotopic (exact) mass is 392 g/mol. The van der Waals surface area contributed by atoms with E-state index in [0.717, 1.165) is 37.2 Å². The smallest absolute Gasteiger partial charge is 0.282 e. The number of nitrogens with zero attached hydrogens (tertiary/aromatic N) is 2. The molecule has 2 aliphatic rings. The van der Waals surface area contributed by atoms with Crippen molar-refractivity contribution in [1.29, 1.82) is 0 Å². The Balaban J connectivity index is 1.78. The van der Waals surface area contributed by atoms with E-state index in [1.54, 1.807) is 31.4 Å². The second kappa shape index (κ2) is 7.99. The Hall–Kier alpha value is -3.28. The van der Waals surface area contributed by atoms with Gasteiger partial charge in [0.1, 0.15) is 17.2 Å². The Bertz CT molecular complexity index is 959. The normalized spacial score (nSPS) is 16.8. The number of benzene rings is 2. The van der Waals surface area contributed by atoms with Crippen LogP contribution in [0.1, 0.15) is 25.3 Å². The van der Waals surface area contributed by atoms with Crippen molar-refractivity contribution in [2.75, 3.05) is 31.7 Å². The zero-order valence-corrected chi connectivity index (χ0v) is 16.7. The van der Waals surface area contributed by atoms with Crippen molar-refractivity contribution >= 4 is 23.1 Å². The SMILES string of the molecule is CCOc1ccc(C2=C(N3CCCC3)C(=O)N(c3cccc(OC)c3)C2=O)cc1. The summed E-state index contributed by atoms with van der Waals surface area (Å²) in [5.41, 5.74) is 2.17. The number of hydrogen-bond acceptors (Lipinski definition) is 5. The van der Waals surface area contributed by atoms with E-state index in [1.807, 2.05) is 36.1 Å². The molecule has 2 heterocycles. The van der Waals surface area contributed by atoms with Gasteiger partial charge in [0, 0.05) is 19.2 Å². The van der Waals surface area contributed by atoms with Gasteiger partial charge in [0.05, 0.1) is 25.0 Å². The minimum absolute atomic E-state index is 0.283. The van der Waals surface area contributed by atoms with Gasteiger partial charge in [0.25, 0.3) is 11.8 Å². The number of ether oxygens (including phenoxy) is 2. The molecule has 1 fully saturated rings. The maximum atomic E-state index is 13.4. The molecule has 2 aromatic rings. The van der Waals surface area contributed by atoms with Crippen LogP contribution >= 0.6 is 0 Å². The largest absolute Gasteiger partial charge is 0.497 e. The Labute approximate surface area is 170 Å². The third kappa shape index (κ3) is 3.46. The van der Waals surface area contributed by atoms with Gasteiger partial charge < -0.3 is 14.4 Å². The average molecular weight is 392 g/mol. The molecule has 2 aliphatic heterocycles. The lowest BCUT2D eigenvalue weighted by Gasteiger charge is -2.20. The van der Waals surface area contributed by atoms with Gasteiger partial charge in [-0.05, 0) is 49.6 Å². The third-order valence-corrected chi connectivity index (χ3v) is 5.25. The first-order valence-corrected chi connectivity index (χ1v) is 9.89. The van der Waals surface area contributed by atoms with Crippen molar-refractivity contribution in [3.63, 3.8) is 0 Å². The quantitative estimate of drug-likeness (QED) is 0.705. The molecule has 150 valence electrons. The molecule has 29 heavy (non-hydrogen) atoms. The fourth-order valence-corrected chi connectivity index (χ4v) is 3.88. The van der Waals surface area contributed by atoms with Crippen molar-refractivity contribution in [2.45, 2.75) is 19.8 Å². The Morgan fingerprint density at radius 1 is 0.931 bits per heavy atom. The standard InChI is InChI=1S/C23H24N2O4/c1-3-29-18-11-9-16(10-12-18)20-21(24-13-4-5-14-24)23(27)25(22(20)26)17-7-6-8-19(15-17)28-2/h6-12,15H,3-5,13-14H2,1-2H3. The number of rotatable bonds is 6. The minimum Gasteiger partial charge on any atom is -0.497 e. The molecule has 2 amide bonds. The molecular formula is C23H24N2O4. The number of amides is 2. The maximum absolute atomic E-state index is 13.4. The van der Waals surface area contributed by atoms with Crippen LogP contribution in [0.2, 0.25) is 0 Å². The van der Waals surface area contributed by atoms with E-state index in [9.17, 15) is 9.59 Å². The number of likely N-dealkylation sites (tertiary alicyclic amines) is 1. The van der Waals surface area contributed by atoms with Gasteiger partial charge in [-0.1, -0.05) is 18.2 Å². The van der Waals surface area contributed by atoms with E-state index < -0.39 is 0 Å². The highest BCUT2D eigenvalue weighted by Crippen LogP contribution is 2.37. The highest BCUT2D eigenvalue weighted by Gasteiger charge is 2.43.